The number of ether oxygens (including phenoxy) is 1. The zero-order valence-electron chi connectivity index (χ0n) is 16.8. The summed E-state index contributed by atoms with van der Waals surface area (Å²) in [6.07, 6.45) is 12.0. The summed E-state index contributed by atoms with van der Waals surface area (Å²) in [7, 11) is 0. The predicted octanol–water partition coefficient (Wildman–Crippen LogP) is 6.79. The molecule has 3 nitrogen and oxygen atoms in total. The van der Waals surface area contributed by atoms with Crippen LogP contribution in [0.5, 0.6) is 5.75 Å². The van der Waals surface area contributed by atoms with Crippen molar-refractivity contribution in [1.82, 2.24) is 0 Å². The number of halogens is 1. The fourth-order valence-corrected chi connectivity index (χ4v) is 3.30. The summed E-state index contributed by atoms with van der Waals surface area (Å²) in [4.78, 5) is 12.3. The van der Waals surface area contributed by atoms with Gasteiger partial charge in [-0.25, -0.2) is 9.18 Å². The fraction of sp³-hybridized carbons (Fsp3) is 0.609. The van der Waals surface area contributed by atoms with E-state index in [1.807, 2.05) is 0 Å². The minimum atomic E-state index is -0.609. The molecule has 2 rings (SSSR count). The molecule has 1 heterocycles. The molecule has 0 aliphatic heterocycles. The van der Waals surface area contributed by atoms with Gasteiger partial charge in [-0.3, -0.25) is 0 Å². The zero-order chi connectivity index (χ0) is 19.5. The number of hydrogen-bond donors (Lipinski definition) is 0. The molecule has 0 N–H and O–H groups in total. The molecule has 0 unspecified atom stereocenters. The molecule has 0 saturated heterocycles. The summed E-state index contributed by atoms with van der Waals surface area (Å²) in [6.45, 7) is 4.81. The van der Waals surface area contributed by atoms with Crippen molar-refractivity contribution < 1.29 is 13.5 Å². The van der Waals surface area contributed by atoms with E-state index < -0.39 is 11.4 Å². The predicted molar refractivity (Wildman–Crippen MR) is 109 cm³/mol. The first-order valence-corrected chi connectivity index (χ1v) is 10.5. The first-order chi connectivity index (χ1) is 13.2. The van der Waals surface area contributed by atoms with Crippen LogP contribution in [0.15, 0.2) is 27.4 Å². The SMILES string of the molecule is CCCCCCCCc1cc2ccc(OCCCCCC)c(F)c2c(=O)o1. The average Bonchev–Trinajstić information content (AvgIpc) is 2.65. The molecule has 27 heavy (non-hydrogen) atoms. The number of unbranched alkanes of at least 4 members (excludes halogenated alkanes) is 8. The second-order valence-corrected chi connectivity index (χ2v) is 7.27. The van der Waals surface area contributed by atoms with E-state index in [1.54, 1.807) is 18.2 Å². The molecule has 0 aliphatic carbocycles. The van der Waals surface area contributed by atoms with E-state index in [2.05, 4.69) is 13.8 Å². The smallest absolute Gasteiger partial charge is 0.346 e. The van der Waals surface area contributed by atoms with Crippen LogP contribution in [0.3, 0.4) is 0 Å². The van der Waals surface area contributed by atoms with E-state index in [0.29, 0.717) is 24.2 Å². The monoisotopic (exact) mass is 376 g/mol. The minimum absolute atomic E-state index is 0.00671. The molecule has 0 radical (unpaired) electrons. The quantitative estimate of drug-likeness (QED) is 0.361. The lowest BCUT2D eigenvalue weighted by atomic mass is 10.1. The minimum Gasteiger partial charge on any atom is -0.490 e. The molecule has 0 spiro atoms. The molecule has 150 valence electrons. The third-order valence-corrected chi connectivity index (χ3v) is 4.92. The highest BCUT2D eigenvalue weighted by atomic mass is 19.1. The van der Waals surface area contributed by atoms with Gasteiger partial charge in [0.05, 0.1) is 6.61 Å². The Morgan fingerprint density at radius 3 is 2.33 bits per heavy atom. The van der Waals surface area contributed by atoms with Gasteiger partial charge >= 0.3 is 5.63 Å². The van der Waals surface area contributed by atoms with E-state index in [9.17, 15) is 9.18 Å². The van der Waals surface area contributed by atoms with Crippen LogP contribution in [0.2, 0.25) is 0 Å². The number of benzene rings is 1. The van der Waals surface area contributed by atoms with Crippen molar-refractivity contribution in [3.63, 3.8) is 0 Å². The maximum Gasteiger partial charge on any atom is 0.346 e. The maximum absolute atomic E-state index is 14.7. The highest BCUT2D eigenvalue weighted by Crippen LogP contribution is 2.25. The van der Waals surface area contributed by atoms with Crippen molar-refractivity contribution in [3.05, 3.63) is 40.2 Å². The van der Waals surface area contributed by atoms with Gasteiger partial charge in [0.1, 0.15) is 11.1 Å². The molecule has 1 aromatic carbocycles. The fourth-order valence-electron chi connectivity index (χ4n) is 3.30. The molecular weight excluding hydrogens is 343 g/mol. The van der Waals surface area contributed by atoms with Crippen LogP contribution < -0.4 is 10.4 Å². The van der Waals surface area contributed by atoms with Crippen LogP contribution in [-0.2, 0) is 6.42 Å². The van der Waals surface area contributed by atoms with Gasteiger partial charge in [0.2, 0.25) is 0 Å². The Labute approximate surface area is 161 Å². The van der Waals surface area contributed by atoms with Crippen molar-refractivity contribution in [2.24, 2.45) is 0 Å². The van der Waals surface area contributed by atoms with Crippen LogP contribution >= 0.6 is 0 Å². The lowest BCUT2D eigenvalue weighted by Crippen LogP contribution is -2.07. The maximum atomic E-state index is 14.7. The van der Waals surface area contributed by atoms with Gasteiger partial charge in [0, 0.05) is 6.42 Å². The third kappa shape index (κ3) is 6.67. The Balaban J connectivity index is 1.99. The topological polar surface area (TPSA) is 39.4 Å². The van der Waals surface area contributed by atoms with E-state index in [4.69, 9.17) is 9.15 Å². The van der Waals surface area contributed by atoms with Crippen molar-refractivity contribution in [2.45, 2.75) is 84.5 Å². The molecule has 0 atom stereocenters. The van der Waals surface area contributed by atoms with E-state index in [0.717, 1.165) is 38.5 Å². The van der Waals surface area contributed by atoms with Crippen molar-refractivity contribution in [2.75, 3.05) is 6.61 Å². The Morgan fingerprint density at radius 1 is 0.926 bits per heavy atom. The molecule has 0 fully saturated rings. The lowest BCUT2D eigenvalue weighted by Gasteiger charge is -2.09. The number of hydrogen-bond acceptors (Lipinski definition) is 3. The molecule has 0 aliphatic rings. The first kappa shape index (κ1) is 21.5. The Hall–Kier alpha value is -1.84. The van der Waals surface area contributed by atoms with Crippen LogP contribution in [0.4, 0.5) is 4.39 Å². The molecule has 0 amide bonds. The van der Waals surface area contributed by atoms with Crippen LogP contribution in [0, 0.1) is 5.82 Å². The Morgan fingerprint density at radius 2 is 1.59 bits per heavy atom. The van der Waals surface area contributed by atoms with Crippen molar-refractivity contribution in [3.8, 4) is 5.75 Å². The molecule has 4 heteroatoms. The van der Waals surface area contributed by atoms with E-state index >= 15 is 0 Å². The van der Waals surface area contributed by atoms with Gasteiger partial charge in [-0.2, -0.15) is 0 Å². The molecule has 0 bridgehead atoms. The van der Waals surface area contributed by atoms with Gasteiger partial charge < -0.3 is 9.15 Å². The lowest BCUT2D eigenvalue weighted by molar-refractivity contribution is 0.291. The summed E-state index contributed by atoms with van der Waals surface area (Å²) in [5, 5.41) is 0.579. The molecule has 0 saturated carbocycles. The Bertz CT molecular complexity index is 751. The van der Waals surface area contributed by atoms with Gasteiger partial charge in [0.15, 0.2) is 11.6 Å². The number of fused-ring (bicyclic) bond motifs is 1. The van der Waals surface area contributed by atoms with Gasteiger partial charge in [0.25, 0.3) is 0 Å². The summed E-state index contributed by atoms with van der Waals surface area (Å²) in [5.41, 5.74) is -0.609. The van der Waals surface area contributed by atoms with Crippen molar-refractivity contribution in [1.29, 1.82) is 0 Å². The standard InChI is InChI=1S/C23H33FO3/c1-3-5-7-9-10-11-13-19-17-18-14-15-20(26-16-12-8-6-4-2)22(24)21(18)23(25)27-19/h14-15,17H,3-13,16H2,1-2H3. The van der Waals surface area contributed by atoms with Crippen LogP contribution in [0.25, 0.3) is 10.8 Å². The third-order valence-electron chi connectivity index (χ3n) is 4.92. The van der Waals surface area contributed by atoms with E-state index in [-0.39, 0.29) is 11.1 Å². The second-order valence-electron chi connectivity index (χ2n) is 7.27. The van der Waals surface area contributed by atoms with Gasteiger partial charge in [-0.1, -0.05) is 71.3 Å². The Kier molecular flexibility index (Phi) is 9.37. The largest absolute Gasteiger partial charge is 0.490 e. The summed E-state index contributed by atoms with van der Waals surface area (Å²) < 4.78 is 25.6. The highest BCUT2D eigenvalue weighted by Gasteiger charge is 2.14. The van der Waals surface area contributed by atoms with Gasteiger partial charge in [-0.15, -0.1) is 0 Å². The van der Waals surface area contributed by atoms with Crippen molar-refractivity contribution >= 4 is 10.8 Å². The summed E-state index contributed by atoms with van der Waals surface area (Å²) >= 11 is 0. The zero-order valence-corrected chi connectivity index (χ0v) is 16.8. The highest BCUT2D eigenvalue weighted by molar-refractivity contribution is 5.83. The number of aryl methyl sites for hydroxylation is 1. The average molecular weight is 377 g/mol. The number of rotatable bonds is 13. The molecular formula is C23H33FO3. The summed E-state index contributed by atoms with van der Waals surface area (Å²) in [5.74, 6) is 0.161. The molecule has 1 aromatic heterocycles. The first-order valence-electron chi connectivity index (χ1n) is 10.5. The van der Waals surface area contributed by atoms with Gasteiger partial charge in [-0.05, 0) is 30.4 Å². The normalized spacial score (nSPS) is 11.2. The molecule has 2 aromatic rings. The van der Waals surface area contributed by atoms with Crippen LogP contribution in [0.1, 0.15) is 83.8 Å². The van der Waals surface area contributed by atoms with E-state index in [1.165, 1.54) is 25.7 Å². The van der Waals surface area contributed by atoms with Crippen LogP contribution in [-0.4, -0.2) is 6.61 Å². The summed E-state index contributed by atoms with van der Waals surface area (Å²) in [6, 6.07) is 5.16. The second kappa shape index (κ2) is 11.8.